The van der Waals surface area contributed by atoms with Crippen molar-refractivity contribution in [3.8, 4) is 0 Å². The molecule has 0 bridgehead atoms. The third-order valence-electron chi connectivity index (χ3n) is 1.78. The van der Waals surface area contributed by atoms with Crippen molar-refractivity contribution in [2.45, 2.75) is 12.5 Å². The minimum Gasteiger partial charge on any atom is -0.324 e. The van der Waals surface area contributed by atoms with Gasteiger partial charge in [0.05, 0.1) is 0 Å². The van der Waals surface area contributed by atoms with Crippen LogP contribution in [0.15, 0.2) is 30.9 Å². The van der Waals surface area contributed by atoms with Crippen molar-refractivity contribution in [2.75, 3.05) is 0 Å². The topological polar surface area (TPSA) is 26.0 Å². The van der Waals surface area contributed by atoms with Crippen molar-refractivity contribution in [2.24, 2.45) is 5.73 Å². The SMILES string of the molecule is C=CC[C@H](N)c1cc(Cl)ccc1Cl.Cl. The van der Waals surface area contributed by atoms with E-state index in [0.29, 0.717) is 16.5 Å². The summed E-state index contributed by atoms with van der Waals surface area (Å²) in [4.78, 5) is 0. The number of halogens is 3. The second-order valence-corrected chi connectivity index (χ2v) is 3.64. The minimum atomic E-state index is -0.122. The minimum absolute atomic E-state index is 0. The average Bonchev–Trinajstić information content (AvgIpc) is 2.09. The van der Waals surface area contributed by atoms with Gasteiger partial charge in [-0.15, -0.1) is 19.0 Å². The number of benzene rings is 1. The lowest BCUT2D eigenvalue weighted by Gasteiger charge is -2.11. The first-order valence-electron chi connectivity index (χ1n) is 3.96. The molecule has 0 aromatic heterocycles. The van der Waals surface area contributed by atoms with E-state index in [1.165, 1.54) is 0 Å². The molecule has 1 atom stereocenters. The highest BCUT2D eigenvalue weighted by Crippen LogP contribution is 2.26. The summed E-state index contributed by atoms with van der Waals surface area (Å²) in [6.07, 6.45) is 2.46. The van der Waals surface area contributed by atoms with Crippen LogP contribution < -0.4 is 5.73 Å². The standard InChI is InChI=1S/C10H11Cl2N.ClH/c1-2-3-10(13)8-6-7(11)4-5-9(8)12;/h2,4-6,10H,1,3,13H2;1H/t10-;/m0./s1. The van der Waals surface area contributed by atoms with E-state index in [1.54, 1.807) is 24.3 Å². The number of rotatable bonds is 3. The molecule has 1 aromatic carbocycles. The highest BCUT2D eigenvalue weighted by Gasteiger charge is 2.08. The Morgan fingerprint density at radius 2 is 2.07 bits per heavy atom. The van der Waals surface area contributed by atoms with Crippen LogP contribution in [0.2, 0.25) is 10.0 Å². The Balaban J connectivity index is 0.00000169. The van der Waals surface area contributed by atoms with Crippen LogP contribution in [0.3, 0.4) is 0 Å². The van der Waals surface area contributed by atoms with Gasteiger partial charge in [0.1, 0.15) is 0 Å². The molecular formula is C10H12Cl3N. The van der Waals surface area contributed by atoms with Crippen molar-refractivity contribution in [1.29, 1.82) is 0 Å². The smallest absolute Gasteiger partial charge is 0.0454 e. The zero-order chi connectivity index (χ0) is 9.84. The molecule has 0 aliphatic heterocycles. The number of hydrogen-bond acceptors (Lipinski definition) is 1. The molecule has 1 nitrogen and oxygen atoms in total. The molecule has 1 aromatic rings. The molecule has 0 aliphatic carbocycles. The summed E-state index contributed by atoms with van der Waals surface area (Å²) in [6, 6.07) is 5.16. The fraction of sp³-hybridized carbons (Fsp3) is 0.200. The molecule has 0 spiro atoms. The second kappa shape index (κ2) is 6.31. The highest BCUT2D eigenvalue weighted by atomic mass is 35.5. The van der Waals surface area contributed by atoms with E-state index in [-0.39, 0.29) is 18.4 Å². The van der Waals surface area contributed by atoms with Crippen LogP contribution in [0.1, 0.15) is 18.0 Å². The van der Waals surface area contributed by atoms with E-state index < -0.39 is 0 Å². The molecule has 0 saturated heterocycles. The Labute approximate surface area is 100 Å². The normalized spacial score (nSPS) is 11.6. The third kappa shape index (κ3) is 3.50. The van der Waals surface area contributed by atoms with E-state index in [1.807, 2.05) is 0 Å². The summed E-state index contributed by atoms with van der Waals surface area (Å²) >= 11 is 11.8. The molecule has 4 heteroatoms. The maximum absolute atomic E-state index is 5.95. The maximum atomic E-state index is 5.95. The predicted octanol–water partition coefficient (Wildman–Crippen LogP) is 3.99. The van der Waals surface area contributed by atoms with Gasteiger partial charge in [-0.2, -0.15) is 0 Å². The Morgan fingerprint density at radius 1 is 1.43 bits per heavy atom. The summed E-state index contributed by atoms with van der Waals surface area (Å²) in [6.45, 7) is 3.62. The first-order chi connectivity index (χ1) is 6.15. The van der Waals surface area contributed by atoms with Gasteiger partial charge in [-0.05, 0) is 30.2 Å². The molecule has 2 N–H and O–H groups in total. The third-order valence-corrected chi connectivity index (χ3v) is 2.36. The lowest BCUT2D eigenvalue weighted by Crippen LogP contribution is -2.09. The molecule has 14 heavy (non-hydrogen) atoms. The molecule has 0 radical (unpaired) electrons. The Morgan fingerprint density at radius 3 is 2.64 bits per heavy atom. The molecule has 1 rings (SSSR count). The van der Waals surface area contributed by atoms with E-state index in [4.69, 9.17) is 28.9 Å². The fourth-order valence-corrected chi connectivity index (χ4v) is 1.54. The van der Waals surface area contributed by atoms with Crippen molar-refractivity contribution in [1.82, 2.24) is 0 Å². The monoisotopic (exact) mass is 251 g/mol. The molecule has 0 unspecified atom stereocenters. The van der Waals surface area contributed by atoms with E-state index in [0.717, 1.165) is 5.56 Å². The summed E-state index contributed by atoms with van der Waals surface area (Å²) in [5.74, 6) is 0. The van der Waals surface area contributed by atoms with Crippen LogP contribution in [-0.2, 0) is 0 Å². The Bertz CT molecular complexity index is 312. The summed E-state index contributed by atoms with van der Waals surface area (Å²) in [7, 11) is 0. The van der Waals surface area contributed by atoms with Gasteiger partial charge < -0.3 is 5.73 Å². The van der Waals surface area contributed by atoms with Gasteiger partial charge >= 0.3 is 0 Å². The number of hydrogen-bond donors (Lipinski definition) is 1. The molecule has 0 amide bonds. The highest BCUT2D eigenvalue weighted by molar-refractivity contribution is 6.33. The van der Waals surface area contributed by atoms with Gasteiger partial charge in [-0.3, -0.25) is 0 Å². The summed E-state index contributed by atoms with van der Waals surface area (Å²) < 4.78 is 0. The summed E-state index contributed by atoms with van der Waals surface area (Å²) in [5, 5.41) is 1.30. The van der Waals surface area contributed by atoms with Gasteiger partial charge in [-0.25, -0.2) is 0 Å². The van der Waals surface area contributed by atoms with Gasteiger partial charge in [0.2, 0.25) is 0 Å². The van der Waals surface area contributed by atoms with E-state index >= 15 is 0 Å². The van der Waals surface area contributed by atoms with Gasteiger partial charge in [0.25, 0.3) is 0 Å². The maximum Gasteiger partial charge on any atom is 0.0454 e. The number of nitrogens with two attached hydrogens (primary N) is 1. The van der Waals surface area contributed by atoms with Crippen LogP contribution in [0.25, 0.3) is 0 Å². The van der Waals surface area contributed by atoms with E-state index in [2.05, 4.69) is 6.58 Å². The second-order valence-electron chi connectivity index (χ2n) is 2.80. The lowest BCUT2D eigenvalue weighted by molar-refractivity contribution is 0.742. The fourth-order valence-electron chi connectivity index (χ4n) is 1.11. The first kappa shape index (κ1) is 13.8. The molecule has 0 heterocycles. The zero-order valence-corrected chi connectivity index (χ0v) is 9.87. The van der Waals surface area contributed by atoms with Crippen LogP contribution in [0.5, 0.6) is 0 Å². The van der Waals surface area contributed by atoms with Crippen molar-refractivity contribution in [3.05, 3.63) is 46.5 Å². The van der Waals surface area contributed by atoms with Gasteiger partial charge in [0, 0.05) is 16.1 Å². The van der Waals surface area contributed by atoms with Crippen molar-refractivity contribution >= 4 is 35.6 Å². The van der Waals surface area contributed by atoms with Crippen molar-refractivity contribution < 1.29 is 0 Å². The molecule has 0 fully saturated rings. The van der Waals surface area contributed by atoms with Crippen molar-refractivity contribution in [3.63, 3.8) is 0 Å². The molecule has 78 valence electrons. The quantitative estimate of drug-likeness (QED) is 0.809. The predicted molar refractivity (Wildman–Crippen MR) is 65.5 cm³/mol. The van der Waals surface area contributed by atoms with Gasteiger partial charge in [0.15, 0.2) is 0 Å². The lowest BCUT2D eigenvalue weighted by atomic mass is 10.1. The first-order valence-corrected chi connectivity index (χ1v) is 4.72. The Kier molecular flexibility index (Phi) is 6.21. The molecular weight excluding hydrogens is 240 g/mol. The van der Waals surface area contributed by atoms with Crippen LogP contribution in [0.4, 0.5) is 0 Å². The van der Waals surface area contributed by atoms with E-state index in [9.17, 15) is 0 Å². The van der Waals surface area contributed by atoms with Crippen LogP contribution in [0, 0.1) is 0 Å². The zero-order valence-electron chi connectivity index (χ0n) is 7.54. The van der Waals surface area contributed by atoms with Gasteiger partial charge in [-0.1, -0.05) is 29.3 Å². The molecule has 0 aliphatic rings. The van der Waals surface area contributed by atoms with Crippen LogP contribution in [-0.4, -0.2) is 0 Å². The average molecular weight is 253 g/mol. The Hall–Kier alpha value is -0.210. The largest absolute Gasteiger partial charge is 0.324 e. The van der Waals surface area contributed by atoms with Crippen LogP contribution >= 0.6 is 35.6 Å². The molecule has 0 saturated carbocycles. The summed E-state index contributed by atoms with van der Waals surface area (Å²) in [5.41, 5.74) is 6.73.